The Kier molecular flexibility index (Phi) is 3.03. The topological polar surface area (TPSA) is 58.1 Å². The van der Waals surface area contributed by atoms with Gasteiger partial charge in [-0.1, -0.05) is 6.92 Å². The fourth-order valence-corrected chi connectivity index (χ4v) is 1.99. The van der Waals surface area contributed by atoms with Gasteiger partial charge < -0.3 is 10.2 Å². The zero-order valence-corrected chi connectivity index (χ0v) is 9.60. The minimum absolute atomic E-state index is 0.0880. The number of carbonyl (C=O) groups is 1. The molecule has 86 valence electrons. The minimum atomic E-state index is -0.108. The molecule has 16 heavy (non-hydrogen) atoms. The highest BCUT2D eigenvalue weighted by molar-refractivity contribution is 5.86. The maximum absolute atomic E-state index is 11.7. The third kappa shape index (κ3) is 1.98. The van der Waals surface area contributed by atoms with Crippen LogP contribution in [0.2, 0.25) is 0 Å². The molecule has 5 heteroatoms. The molecule has 1 N–H and O–H groups in total. The zero-order valence-electron chi connectivity index (χ0n) is 9.60. The molecule has 0 spiro atoms. The molecular weight excluding hydrogens is 204 g/mol. The van der Waals surface area contributed by atoms with E-state index in [1.807, 2.05) is 24.8 Å². The minimum Gasteiger partial charge on any atom is -0.353 e. The summed E-state index contributed by atoms with van der Waals surface area (Å²) in [5.41, 5.74) is 0.922. The van der Waals surface area contributed by atoms with Crippen LogP contribution in [0.3, 0.4) is 0 Å². The molecule has 1 atom stereocenters. The lowest BCUT2D eigenvalue weighted by atomic mass is 10.1. The first kappa shape index (κ1) is 10.9. The molecule has 1 aliphatic rings. The fraction of sp³-hybridized carbons (Fsp3) is 0.545. The second-order valence-corrected chi connectivity index (χ2v) is 3.93. The van der Waals surface area contributed by atoms with Crippen molar-refractivity contribution in [3.63, 3.8) is 0 Å². The summed E-state index contributed by atoms with van der Waals surface area (Å²) < 4.78 is 0. The van der Waals surface area contributed by atoms with E-state index in [1.165, 1.54) is 0 Å². The van der Waals surface area contributed by atoms with Gasteiger partial charge in [-0.25, -0.2) is 9.97 Å². The average Bonchev–Trinajstić information content (AvgIpc) is 2.28. The highest BCUT2D eigenvalue weighted by atomic mass is 16.2. The Morgan fingerprint density at radius 3 is 3.06 bits per heavy atom. The molecule has 1 aromatic rings. The van der Waals surface area contributed by atoms with Gasteiger partial charge in [0.05, 0.1) is 0 Å². The van der Waals surface area contributed by atoms with Gasteiger partial charge in [0.2, 0.25) is 5.91 Å². The first-order valence-electron chi connectivity index (χ1n) is 5.55. The predicted molar refractivity (Wildman–Crippen MR) is 61.2 cm³/mol. The van der Waals surface area contributed by atoms with E-state index in [4.69, 9.17) is 0 Å². The maximum atomic E-state index is 11.7. The number of aromatic nitrogens is 2. The third-order valence-corrected chi connectivity index (χ3v) is 2.80. The van der Waals surface area contributed by atoms with Crippen LogP contribution in [0, 0.1) is 6.92 Å². The molecule has 1 aliphatic heterocycles. The largest absolute Gasteiger partial charge is 0.353 e. The van der Waals surface area contributed by atoms with Crippen molar-refractivity contribution in [2.24, 2.45) is 0 Å². The second kappa shape index (κ2) is 4.47. The molecule has 0 unspecified atom stereocenters. The Balaban J connectivity index is 2.27. The van der Waals surface area contributed by atoms with Gasteiger partial charge in [-0.05, 0) is 13.3 Å². The van der Waals surface area contributed by atoms with Crippen LogP contribution in [0.15, 0.2) is 12.4 Å². The molecule has 1 aromatic heterocycles. The van der Waals surface area contributed by atoms with Crippen molar-refractivity contribution in [2.75, 3.05) is 18.0 Å². The predicted octanol–water partition coefficient (Wildman–Crippen LogP) is 0.500. The van der Waals surface area contributed by atoms with Crippen molar-refractivity contribution in [2.45, 2.75) is 26.3 Å². The number of nitrogens with one attached hydrogen (secondary N) is 1. The molecule has 2 rings (SSSR count). The molecule has 0 aromatic carbocycles. The molecule has 1 amide bonds. The van der Waals surface area contributed by atoms with E-state index in [-0.39, 0.29) is 11.9 Å². The Bertz CT molecular complexity index is 393. The Morgan fingerprint density at radius 1 is 1.56 bits per heavy atom. The molecule has 0 radical (unpaired) electrons. The summed E-state index contributed by atoms with van der Waals surface area (Å²) in [5, 5.41) is 2.87. The van der Waals surface area contributed by atoms with Crippen molar-refractivity contribution in [1.29, 1.82) is 0 Å². The molecule has 5 nitrogen and oxygen atoms in total. The van der Waals surface area contributed by atoms with Crippen LogP contribution >= 0.6 is 0 Å². The molecule has 1 saturated heterocycles. The summed E-state index contributed by atoms with van der Waals surface area (Å²) in [6, 6.07) is 1.81. The van der Waals surface area contributed by atoms with Gasteiger partial charge in [0.15, 0.2) is 0 Å². The van der Waals surface area contributed by atoms with Gasteiger partial charge in [-0.15, -0.1) is 0 Å². The summed E-state index contributed by atoms with van der Waals surface area (Å²) in [5.74, 6) is 0.930. The van der Waals surface area contributed by atoms with Crippen molar-refractivity contribution >= 4 is 11.7 Å². The quantitative estimate of drug-likeness (QED) is 0.788. The van der Waals surface area contributed by atoms with Crippen LogP contribution in [0.5, 0.6) is 0 Å². The standard InChI is InChI=1S/C11H16N4O/c1-3-9-11(16)12-4-5-15(9)10-6-8(2)13-7-14-10/h6-7,9H,3-5H2,1-2H3,(H,12,16)/t9-/m0/s1. The Morgan fingerprint density at radius 2 is 2.38 bits per heavy atom. The van der Waals surface area contributed by atoms with E-state index in [1.54, 1.807) is 6.33 Å². The first-order chi connectivity index (χ1) is 7.72. The number of carbonyl (C=O) groups excluding carboxylic acids is 1. The van der Waals surface area contributed by atoms with Gasteiger partial charge in [-0.2, -0.15) is 0 Å². The van der Waals surface area contributed by atoms with Crippen LogP contribution in [-0.4, -0.2) is 35.0 Å². The Hall–Kier alpha value is -1.65. The van der Waals surface area contributed by atoms with Crippen LogP contribution in [0.1, 0.15) is 19.0 Å². The maximum Gasteiger partial charge on any atom is 0.242 e. The van der Waals surface area contributed by atoms with E-state index in [0.29, 0.717) is 6.54 Å². The van der Waals surface area contributed by atoms with Crippen molar-refractivity contribution in [1.82, 2.24) is 15.3 Å². The normalized spacial score (nSPS) is 20.8. The van der Waals surface area contributed by atoms with E-state index >= 15 is 0 Å². The lowest BCUT2D eigenvalue weighted by Crippen LogP contribution is -2.55. The van der Waals surface area contributed by atoms with E-state index in [9.17, 15) is 4.79 Å². The van der Waals surface area contributed by atoms with Gasteiger partial charge in [0, 0.05) is 24.8 Å². The summed E-state index contributed by atoms with van der Waals surface area (Å²) in [4.78, 5) is 22.0. The SMILES string of the molecule is CC[C@H]1C(=O)NCCN1c1cc(C)ncn1. The van der Waals surface area contributed by atoms with E-state index < -0.39 is 0 Å². The lowest BCUT2D eigenvalue weighted by Gasteiger charge is -2.35. The molecule has 0 bridgehead atoms. The Labute approximate surface area is 94.9 Å². The van der Waals surface area contributed by atoms with Gasteiger partial charge >= 0.3 is 0 Å². The molecule has 0 aliphatic carbocycles. The molecular formula is C11H16N4O. The van der Waals surface area contributed by atoms with E-state index in [2.05, 4.69) is 15.3 Å². The fourth-order valence-electron chi connectivity index (χ4n) is 1.99. The summed E-state index contributed by atoms with van der Waals surface area (Å²) in [6.07, 6.45) is 2.33. The first-order valence-corrected chi connectivity index (χ1v) is 5.55. The number of hydrogen-bond donors (Lipinski definition) is 1. The molecule has 1 fully saturated rings. The van der Waals surface area contributed by atoms with Crippen molar-refractivity contribution in [3.8, 4) is 0 Å². The number of rotatable bonds is 2. The summed E-state index contributed by atoms with van der Waals surface area (Å²) in [6.45, 7) is 5.42. The number of nitrogens with zero attached hydrogens (tertiary/aromatic N) is 3. The highest BCUT2D eigenvalue weighted by Crippen LogP contribution is 2.17. The molecule has 0 saturated carbocycles. The summed E-state index contributed by atoms with van der Waals surface area (Å²) in [7, 11) is 0. The van der Waals surface area contributed by atoms with Crippen LogP contribution in [0.25, 0.3) is 0 Å². The number of aryl methyl sites for hydroxylation is 1. The summed E-state index contributed by atoms with van der Waals surface area (Å²) >= 11 is 0. The second-order valence-electron chi connectivity index (χ2n) is 3.93. The van der Waals surface area contributed by atoms with Crippen molar-refractivity contribution in [3.05, 3.63) is 18.1 Å². The third-order valence-electron chi connectivity index (χ3n) is 2.80. The molecule has 2 heterocycles. The van der Waals surface area contributed by atoms with Crippen molar-refractivity contribution < 1.29 is 4.79 Å². The van der Waals surface area contributed by atoms with Crippen LogP contribution in [0.4, 0.5) is 5.82 Å². The zero-order chi connectivity index (χ0) is 11.5. The van der Waals surface area contributed by atoms with Gasteiger partial charge in [-0.3, -0.25) is 4.79 Å². The van der Waals surface area contributed by atoms with Crippen LogP contribution in [-0.2, 0) is 4.79 Å². The number of piperazine rings is 1. The monoisotopic (exact) mass is 220 g/mol. The van der Waals surface area contributed by atoms with Crippen LogP contribution < -0.4 is 10.2 Å². The number of anilines is 1. The highest BCUT2D eigenvalue weighted by Gasteiger charge is 2.28. The van der Waals surface area contributed by atoms with E-state index in [0.717, 1.165) is 24.5 Å². The number of amides is 1. The average molecular weight is 220 g/mol. The number of hydrogen-bond acceptors (Lipinski definition) is 4. The lowest BCUT2D eigenvalue weighted by molar-refractivity contribution is -0.123. The van der Waals surface area contributed by atoms with Gasteiger partial charge in [0.1, 0.15) is 18.2 Å². The van der Waals surface area contributed by atoms with Gasteiger partial charge in [0.25, 0.3) is 0 Å². The smallest absolute Gasteiger partial charge is 0.242 e.